The van der Waals surface area contributed by atoms with Crippen LogP contribution in [0.15, 0.2) is 60.7 Å². The number of hydrogen-bond donors (Lipinski definition) is 1. The molecular weight excluding hydrogens is 228 g/mol. The molecule has 0 heterocycles. The lowest BCUT2D eigenvalue weighted by Crippen LogP contribution is -2.05. The highest BCUT2D eigenvalue weighted by atomic mass is 16.4. The van der Waals surface area contributed by atoms with Crippen molar-refractivity contribution in [1.29, 1.82) is 0 Å². The molecule has 92 valence electrons. The van der Waals surface area contributed by atoms with Gasteiger partial charge in [0.25, 0.3) is 0 Å². The van der Waals surface area contributed by atoms with Crippen LogP contribution in [0.25, 0.3) is 11.1 Å². The van der Waals surface area contributed by atoms with E-state index in [-0.39, 0.29) is 0 Å². The first kappa shape index (κ1) is 13.6. The Balaban J connectivity index is 0.000000232. The molecule has 2 aromatic carbocycles. The molecule has 0 fully saturated rings. The zero-order valence-corrected chi connectivity index (χ0v) is 10.0. The van der Waals surface area contributed by atoms with Crippen LogP contribution < -0.4 is 0 Å². The topological polar surface area (TPSA) is 54.4 Å². The van der Waals surface area contributed by atoms with Crippen molar-refractivity contribution in [3.63, 3.8) is 0 Å². The summed E-state index contributed by atoms with van der Waals surface area (Å²) in [4.78, 5) is 18.9. The lowest BCUT2D eigenvalue weighted by atomic mass is 10.1. The molecule has 3 heteroatoms. The van der Waals surface area contributed by atoms with Gasteiger partial charge in [-0.15, -0.1) is 0 Å². The molecule has 0 aliphatic rings. The zero-order chi connectivity index (χ0) is 13.4. The van der Waals surface area contributed by atoms with Crippen molar-refractivity contribution in [2.24, 2.45) is 0 Å². The molecule has 3 nitrogen and oxygen atoms in total. The summed E-state index contributed by atoms with van der Waals surface area (Å²) in [5.74, 6) is -2.20. The minimum atomic E-state index is -1.38. The van der Waals surface area contributed by atoms with Crippen molar-refractivity contribution in [1.82, 2.24) is 0 Å². The number of Topliss-reactive ketones (excluding diaryl/α,β-unsaturated/α-hetero) is 1. The zero-order valence-electron chi connectivity index (χ0n) is 10.0. The Morgan fingerprint density at radius 3 is 1.28 bits per heavy atom. The van der Waals surface area contributed by atoms with Gasteiger partial charge in [-0.2, -0.15) is 0 Å². The molecule has 18 heavy (non-hydrogen) atoms. The second-order valence-electron chi connectivity index (χ2n) is 3.59. The number of carbonyl (C=O) groups excluding carboxylic acids is 1. The number of carboxylic acids is 1. The van der Waals surface area contributed by atoms with Crippen LogP contribution in [0, 0.1) is 0 Å². The number of aliphatic carboxylic acids is 1. The van der Waals surface area contributed by atoms with Gasteiger partial charge in [0, 0.05) is 6.92 Å². The molecule has 0 unspecified atom stereocenters. The van der Waals surface area contributed by atoms with Gasteiger partial charge in [0.1, 0.15) is 0 Å². The molecule has 0 saturated heterocycles. The monoisotopic (exact) mass is 242 g/mol. The Bertz CT molecular complexity index is 454. The largest absolute Gasteiger partial charge is 0.476 e. The van der Waals surface area contributed by atoms with Crippen molar-refractivity contribution in [2.75, 3.05) is 0 Å². The van der Waals surface area contributed by atoms with Crippen LogP contribution in [0.1, 0.15) is 6.92 Å². The molecule has 0 bridgehead atoms. The lowest BCUT2D eigenvalue weighted by Gasteiger charge is -1.98. The molecule has 1 N–H and O–H groups in total. The first-order valence-corrected chi connectivity index (χ1v) is 5.45. The summed E-state index contributed by atoms with van der Waals surface area (Å²) in [6.45, 7) is 1.00. The van der Waals surface area contributed by atoms with Gasteiger partial charge >= 0.3 is 5.97 Å². The number of rotatable bonds is 2. The second-order valence-corrected chi connectivity index (χ2v) is 3.59. The summed E-state index contributed by atoms with van der Waals surface area (Å²) >= 11 is 0. The van der Waals surface area contributed by atoms with E-state index in [9.17, 15) is 9.59 Å². The molecular formula is C15H14O3. The van der Waals surface area contributed by atoms with E-state index < -0.39 is 11.8 Å². The van der Waals surface area contributed by atoms with Crippen LogP contribution in [0.3, 0.4) is 0 Å². The molecule has 0 spiro atoms. The van der Waals surface area contributed by atoms with Crippen molar-refractivity contribution >= 4 is 11.8 Å². The van der Waals surface area contributed by atoms with Gasteiger partial charge < -0.3 is 5.11 Å². The molecule has 2 aromatic rings. The summed E-state index contributed by atoms with van der Waals surface area (Å²) in [6, 6.07) is 20.8. The second kappa shape index (κ2) is 7.01. The van der Waals surface area contributed by atoms with Gasteiger partial charge in [-0.1, -0.05) is 60.7 Å². The van der Waals surface area contributed by atoms with Gasteiger partial charge in [0.15, 0.2) is 0 Å². The fourth-order valence-electron chi connectivity index (χ4n) is 1.26. The maximum absolute atomic E-state index is 9.54. The smallest absolute Gasteiger partial charge is 0.371 e. The van der Waals surface area contributed by atoms with Crippen molar-refractivity contribution in [2.45, 2.75) is 6.92 Å². The van der Waals surface area contributed by atoms with E-state index in [0.717, 1.165) is 6.92 Å². The van der Waals surface area contributed by atoms with E-state index in [0.29, 0.717) is 0 Å². The van der Waals surface area contributed by atoms with E-state index in [4.69, 9.17) is 5.11 Å². The summed E-state index contributed by atoms with van der Waals surface area (Å²) < 4.78 is 0. The average molecular weight is 242 g/mol. The first-order chi connectivity index (χ1) is 8.61. The molecule has 0 aliphatic heterocycles. The van der Waals surface area contributed by atoms with Crippen LogP contribution in [-0.2, 0) is 9.59 Å². The SMILES string of the molecule is CC(=O)C(=O)O.c1ccc(-c2ccccc2)cc1. The molecule has 0 saturated carbocycles. The van der Waals surface area contributed by atoms with Crippen LogP contribution in [0.2, 0.25) is 0 Å². The molecule has 2 rings (SSSR count). The minimum Gasteiger partial charge on any atom is -0.476 e. The Morgan fingerprint density at radius 1 is 0.778 bits per heavy atom. The molecule has 0 aromatic heterocycles. The third-order valence-corrected chi connectivity index (χ3v) is 2.18. The van der Waals surface area contributed by atoms with Crippen LogP contribution in [0.5, 0.6) is 0 Å². The third kappa shape index (κ3) is 4.61. The number of carboxylic acid groups (broad SMARTS) is 1. The maximum atomic E-state index is 9.54. The minimum absolute atomic E-state index is 0.824. The van der Waals surface area contributed by atoms with Crippen LogP contribution in [-0.4, -0.2) is 16.9 Å². The summed E-state index contributed by atoms with van der Waals surface area (Å²) in [7, 11) is 0. The molecule has 0 aliphatic carbocycles. The predicted octanol–water partition coefficient (Wildman–Crippen LogP) is 3.01. The Hall–Kier alpha value is -2.42. The van der Waals surface area contributed by atoms with Crippen molar-refractivity contribution < 1.29 is 14.7 Å². The number of hydrogen-bond acceptors (Lipinski definition) is 2. The Labute approximate surface area is 106 Å². The molecule has 0 amide bonds. The highest BCUT2D eigenvalue weighted by molar-refractivity contribution is 6.31. The van der Waals surface area contributed by atoms with Crippen LogP contribution in [0.4, 0.5) is 0 Å². The summed E-state index contributed by atoms with van der Waals surface area (Å²) in [6.07, 6.45) is 0. The normalized spacial score (nSPS) is 8.94. The van der Waals surface area contributed by atoms with Crippen molar-refractivity contribution in [3.8, 4) is 11.1 Å². The Kier molecular flexibility index (Phi) is 5.32. The first-order valence-electron chi connectivity index (χ1n) is 5.45. The van der Waals surface area contributed by atoms with E-state index in [1.54, 1.807) is 0 Å². The molecule has 0 atom stereocenters. The summed E-state index contributed by atoms with van der Waals surface area (Å²) in [5, 5.41) is 7.64. The van der Waals surface area contributed by atoms with Gasteiger partial charge in [-0.05, 0) is 11.1 Å². The van der Waals surface area contributed by atoms with Gasteiger partial charge in [-0.25, -0.2) is 4.79 Å². The van der Waals surface area contributed by atoms with Gasteiger partial charge in [0.05, 0.1) is 0 Å². The summed E-state index contributed by atoms with van der Waals surface area (Å²) in [5.41, 5.74) is 2.55. The highest BCUT2D eigenvalue weighted by Gasteiger charge is 1.99. The van der Waals surface area contributed by atoms with Gasteiger partial charge in [0.2, 0.25) is 5.78 Å². The standard InChI is InChI=1S/C12H10.C3H4O3/c1-3-7-11(8-4-1)12-9-5-2-6-10-12;1-2(4)3(5)6/h1-10H;1H3,(H,5,6). The number of ketones is 1. The maximum Gasteiger partial charge on any atom is 0.371 e. The highest BCUT2D eigenvalue weighted by Crippen LogP contribution is 2.17. The van der Waals surface area contributed by atoms with Gasteiger partial charge in [-0.3, -0.25) is 4.79 Å². The number of benzene rings is 2. The van der Waals surface area contributed by atoms with E-state index in [1.165, 1.54) is 11.1 Å². The lowest BCUT2D eigenvalue weighted by molar-refractivity contribution is -0.148. The van der Waals surface area contributed by atoms with Crippen molar-refractivity contribution in [3.05, 3.63) is 60.7 Å². The fraction of sp³-hybridized carbons (Fsp3) is 0.0667. The number of carbonyl (C=O) groups is 2. The quantitative estimate of drug-likeness (QED) is 0.823. The van der Waals surface area contributed by atoms with E-state index in [2.05, 4.69) is 48.5 Å². The predicted molar refractivity (Wildman–Crippen MR) is 70.2 cm³/mol. The van der Waals surface area contributed by atoms with E-state index >= 15 is 0 Å². The third-order valence-electron chi connectivity index (χ3n) is 2.18. The Morgan fingerprint density at radius 2 is 1.06 bits per heavy atom. The molecule has 0 radical (unpaired) electrons. The van der Waals surface area contributed by atoms with E-state index in [1.807, 2.05) is 12.1 Å². The fourth-order valence-corrected chi connectivity index (χ4v) is 1.26. The van der Waals surface area contributed by atoms with Crippen LogP contribution >= 0.6 is 0 Å². The average Bonchev–Trinajstić information content (AvgIpc) is 2.41.